The predicted molar refractivity (Wildman–Crippen MR) is 78.8 cm³/mol. The average Bonchev–Trinajstić information content (AvgIpc) is 2.75. The molecule has 2 nitrogen and oxygen atoms in total. The fourth-order valence-corrected chi connectivity index (χ4v) is 4.33. The molecule has 1 aliphatic carbocycles. The first-order valence-corrected chi connectivity index (χ1v) is 8.15. The van der Waals surface area contributed by atoms with Gasteiger partial charge in [-0.15, -0.1) is 0 Å². The van der Waals surface area contributed by atoms with Crippen LogP contribution in [0.25, 0.3) is 0 Å². The molecule has 3 heteroatoms. The van der Waals surface area contributed by atoms with Gasteiger partial charge in [0, 0.05) is 12.1 Å². The Hall–Kier alpha value is -0.510. The van der Waals surface area contributed by atoms with Crippen LogP contribution < -0.4 is 11.1 Å². The van der Waals surface area contributed by atoms with Crippen LogP contribution in [0.2, 0.25) is 0 Å². The fourth-order valence-electron chi connectivity index (χ4n) is 3.13. The van der Waals surface area contributed by atoms with E-state index in [1.165, 1.54) is 35.5 Å². The summed E-state index contributed by atoms with van der Waals surface area (Å²) < 4.78 is 0. The Balaban J connectivity index is 1.61. The molecule has 0 aromatic heterocycles. The van der Waals surface area contributed by atoms with Gasteiger partial charge < -0.3 is 11.1 Å². The summed E-state index contributed by atoms with van der Waals surface area (Å²) in [7, 11) is 0. The third kappa shape index (κ3) is 2.58. The molecule has 2 atom stereocenters. The summed E-state index contributed by atoms with van der Waals surface area (Å²) in [5.41, 5.74) is 8.97. The lowest BCUT2D eigenvalue weighted by Gasteiger charge is -2.24. The number of rotatable bonds is 3. The van der Waals surface area contributed by atoms with Gasteiger partial charge in [-0.2, -0.15) is 11.8 Å². The summed E-state index contributed by atoms with van der Waals surface area (Å²) >= 11 is 2.10. The lowest BCUT2D eigenvalue weighted by molar-refractivity contribution is 0.401. The van der Waals surface area contributed by atoms with Gasteiger partial charge >= 0.3 is 0 Å². The van der Waals surface area contributed by atoms with Crippen molar-refractivity contribution in [3.63, 3.8) is 0 Å². The molecule has 0 amide bonds. The minimum atomic E-state index is 0.223. The van der Waals surface area contributed by atoms with Crippen molar-refractivity contribution in [2.45, 2.75) is 31.3 Å². The second-order valence-corrected chi connectivity index (χ2v) is 6.71. The highest BCUT2D eigenvalue weighted by Gasteiger charge is 2.28. The van der Waals surface area contributed by atoms with E-state index in [1.54, 1.807) is 0 Å². The van der Waals surface area contributed by atoms with Crippen LogP contribution in [0.3, 0.4) is 0 Å². The van der Waals surface area contributed by atoms with Crippen molar-refractivity contribution in [2.75, 3.05) is 18.1 Å². The number of thioether (sulfide) groups is 1. The maximum atomic E-state index is 6.20. The van der Waals surface area contributed by atoms with Gasteiger partial charge in [0.05, 0.1) is 0 Å². The minimum absolute atomic E-state index is 0.223. The van der Waals surface area contributed by atoms with Gasteiger partial charge in [-0.05, 0) is 54.4 Å². The molecule has 3 N–H and O–H groups in total. The third-order valence-corrected chi connectivity index (χ3v) is 5.30. The molecule has 0 spiro atoms. The highest BCUT2D eigenvalue weighted by Crippen LogP contribution is 2.37. The average molecular weight is 262 g/mol. The Kier molecular flexibility index (Phi) is 3.92. The molecule has 2 unspecified atom stereocenters. The molecule has 1 heterocycles. The van der Waals surface area contributed by atoms with Crippen LogP contribution in [0, 0.1) is 5.92 Å². The molecule has 98 valence electrons. The standard InChI is InChI=1S/C15H22N2S/c16-14-9-15(13-4-2-1-3-12(13)14)17-10-11-5-7-18-8-6-11/h1-4,11,14-15,17H,5-10,16H2. The molecule has 1 fully saturated rings. The number of nitrogens with two attached hydrogens (primary N) is 1. The third-order valence-electron chi connectivity index (χ3n) is 4.25. The second kappa shape index (κ2) is 5.64. The summed E-state index contributed by atoms with van der Waals surface area (Å²) in [6.07, 6.45) is 3.80. The molecule has 3 rings (SSSR count). The number of fused-ring (bicyclic) bond motifs is 1. The summed E-state index contributed by atoms with van der Waals surface area (Å²) in [5, 5.41) is 3.75. The summed E-state index contributed by atoms with van der Waals surface area (Å²) in [5.74, 6) is 3.55. The Labute approximate surface area is 114 Å². The van der Waals surface area contributed by atoms with Gasteiger partial charge in [0.15, 0.2) is 0 Å². The smallest absolute Gasteiger partial charge is 0.0341 e. The molecule has 1 aromatic rings. The molecule has 0 bridgehead atoms. The topological polar surface area (TPSA) is 38.0 Å². The van der Waals surface area contributed by atoms with Crippen molar-refractivity contribution in [1.82, 2.24) is 5.32 Å². The van der Waals surface area contributed by atoms with Crippen molar-refractivity contribution >= 4 is 11.8 Å². The van der Waals surface area contributed by atoms with Gasteiger partial charge in [0.1, 0.15) is 0 Å². The number of hydrogen-bond acceptors (Lipinski definition) is 3. The normalized spacial score (nSPS) is 28.3. The van der Waals surface area contributed by atoms with Crippen molar-refractivity contribution < 1.29 is 0 Å². The van der Waals surface area contributed by atoms with Crippen LogP contribution in [-0.2, 0) is 0 Å². The Bertz CT molecular complexity index is 401. The molecule has 0 saturated carbocycles. The van der Waals surface area contributed by atoms with Gasteiger partial charge in [-0.25, -0.2) is 0 Å². The monoisotopic (exact) mass is 262 g/mol. The molecule has 1 saturated heterocycles. The summed E-state index contributed by atoms with van der Waals surface area (Å²) in [4.78, 5) is 0. The minimum Gasteiger partial charge on any atom is -0.324 e. The summed E-state index contributed by atoms with van der Waals surface area (Å²) in [6, 6.07) is 9.34. The van der Waals surface area contributed by atoms with E-state index in [4.69, 9.17) is 5.73 Å². The van der Waals surface area contributed by atoms with Gasteiger partial charge in [0.25, 0.3) is 0 Å². The van der Waals surface area contributed by atoms with Crippen LogP contribution in [0.4, 0.5) is 0 Å². The lowest BCUT2D eigenvalue weighted by atomic mass is 10.0. The first-order valence-electron chi connectivity index (χ1n) is 7.00. The first-order chi connectivity index (χ1) is 8.84. The maximum absolute atomic E-state index is 6.20. The Morgan fingerprint density at radius 2 is 1.89 bits per heavy atom. The zero-order chi connectivity index (χ0) is 12.4. The highest BCUT2D eigenvalue weighted by molar-refractivity contribution is 7.99. The van der Waals surface area contributed by atoms with Gasteiger partial charge in [0.2, 0.25) is 0 Å². The Morgan fingerprint density at radius 1 is 1.17 bits per heavy atom. The quantitative estimate of drug-likeness (QED) is 0.879. The summed E-state index contributed by atoms with van der Waals surface area (Å²) in [6.45, 7) is 1.16. The Morgan fingerprint density at radius 3 is 2.67 bits per heavy atom. The van der Waals surface area contributed by atoms with Crippen molar-refractivity contribution in [3.05, 3.63) is 35.4 Å². The highest BCUT2D eigenvalue weighted by atomic mass is 32.2. The second-order valence-electron chi connectivity index (χ2n) is 5.49. The van der Waals surface area contributed by atoms with Crippen molar-refractivity contribution in [2.24, 2.45) is 11.7 Å². The molecule has 2 aliphatic rings. The van der Waals surface area contributed by atoms with Crippen molar-refractivity contribution in [1.29, 1.82) is 0 Å². The number of benzene rings is 1. The molecule has 1 aromatic carbocycles. The van der Waals surface area contributed by atoms with Crippen LogP contribution in [0.15, 0.2) is 24.3 Å². The molecule has 1 aliphatic heterocycles. The SMILES string of the molecule is NC1CC(NCC2CCSCC2)c2ccccc21. The van der Waals surface area contributed by atoms with E-state index in [2.05, 4.69) is 41.3 Å². The van der Waals surface area contributed by atoms with E-state index in [1.807, 2.05) is 0 Å². The van der Waals surface area contributed by atoms with E-state index in [0.29, 0.717) is 6.04 Å². The van der Waals surface area contributed by atoms with Gasteiger partial charge in [-0.3, -0.25) is 0 Å². The lowest BCUT2D eigenvalue weighted by Crippen LogP contribution is -2.28. The van der Waals surface area contributed by atoms with E-state index in [9.17, 15) is 0 Å². The molecule has 0 radical (unpaired) electrons. The van der Waals surface area contributed by atoms with E-state index < -0.39 is 0 Å². The number of nitrogens with one attached hydrogen (secondary N) is 1. The fraction of sp³-hybridized carbons (Fsp3) is 0.600. The van der Waals surface area contributed by atoms with E-state index in [0.717, 1.165) is 18.9 Å². The van der Waals surface area contributed by atoms with Crippen LogP contribution >= 0.6 is 11.8 Å². The zero-order valence-corrected chi connectivity index (χ0v) is 11.6. The van der Waals surface area contributed by atoms with Crippen LogP contribution in [0.5, 0.6) is 0 Å². The van der Waals surface area contributed by atoms with Crippen LogP contribution in [-0.4, -0.2) is 18.1 Å². The van der Waals surface area contributed by atoms with E-state index in [-0.39, 0.29) is 6.04 Å². The zero-order valence-electron chi connectivity index (χ0n) is 10.8. The molecular weight excluding hydrogens is 240 g/mol. The predicted octanol–water partition coefficient (Wildman–Crippen LogP) is 2.86. The van der Waals surface area contributed by atoms with Crippen LogP contribution in [0.1, 0.15) is 42.5 Å². The molecular formula is C15H22N2S. The molecule has 18 heavy (non-hydrogen) atoms. The first kappa shape index (κ1) is 12.5. The van der Waals surface area contributed by atoms with Gasteiger partial charge in [-0.1, -0.05) is 24.3 Å². The largest absolute Gasteiger partial charge is 0.324 e. The van der Waals surface area contributed by atoms with E-state index >= 15 is 0 Å². The number of hydrogen-bond donors (Lipinski definition) is 2. The van der Waals surface area contributed by atoms with Crippen molar-refractivity contribution in [3.8, 4) is 0 Å². The maximum Gasteiger partial charge on any atom is 0.0341 e.